The van der Waals surface area contributed by atoms with Crippen LogP contribution in [0.3, 0.4) is 0 Å². The van der Waals surface area contributed by atoms with E-state index in [-0.39, 0.29) is 17.8 Å². The van der Waals surface area contributed by atoms with E-state index in [1.54, 1.807) is 7.11 Å². The Balaban J connectivity index is 1.47. The maximum Gasteiger partial charge on any atom is 0.230 e. The summed E-state index contributed by atoms with van der Waals surface area (Å²) in [6, 6.07) is 7.54. The van der Waals surface area contributed by atoms with Crippen molar-refractivity contribution in [1.29, 1.82) is 0 Å². The molecule has 7 nitrogen and oxygen atoms in total. The van der Waals surface area contributed by atoms with Gasteiger partial charge in [0, 0.05) is 18.7 Å². The van der Waals surface area contributed by atoms with Crippen LogP contribution in [0.4, 0.5) is 0 Å². The predicted octanol–water partition coefficient (Wildman–Crippen LogP) is 1.87. The molecular formula is C16H20N4O3S. The highest BCUT2D eigenvalue weighted by molar-refractivity contribution is 7.99. The van der Waals surface area contributed by atoms with Crippen LogP contribution in [0.1, 0.15) is 12.8 Å². The number of methoxy groups -OCH3 is 1. The Hall–Kier alpha value is -2.06. The van der Waals surface area contributed by atoms with Crippen molar-refractivity contribution < 1.29 is 14.3 Å². The summed E-state index contributed by atoms with van der Waals surface area (Å²) in [6.45, 7) is 1.37. The third-order valence-electron chi connectivity index (χ3n) is 3.71. The molecule has 3 rings (SSSR count). The van der Waals surface area contributed by atoms with E-state index in [1.165, 1.54) is 11.8 Å². The van der Waals surface area contributed by atoms with E-state index in [2.05, 4.69) is 20.5 Å². The number of amides is 1. The van der Waals surface area contributed by atoms with Crippen LogP contribution >= 0.6 is 11.8 Å². The Labute approximate surface area is 144 Å². The number of hydrogen-bond donors (Lipinski definition) is 2. The number of aromatic nitrogens is 3. The molecule has 1 aromatic carbocycles. The molecule has 0 aliphatic carbocycles. The molecule has 128 valence electrons. The van der Waals surface area contributed by atoms with E-state index in [4.69, 9.17) is 9.47 Å². The van der Waals surface area contributed by atoms with Crippen molar-refractivity contribution >= 4 is 17.7 Å². The van der Waals surface area contributed by atoms with Crippen LogP contribution in [0.2, 0.25) is 0 Å². The van der Waals surface area contributed by atoms with Crippen LogP contribution in [-0.4, -0.2) is 53.2 Å². The summed E-state index contributed by atoms with van der Waals surface area (Å²) in [5.74, 6) is 1.70. The molecule has 1 aliphatic heterocycles. The zero-order valence-corrected chi connectivity index (χ0v) is 14.3. The maximum absolute atomic E-state index is 11.9. The highest BCUT2D eigenvalue weighted by Gasteiger charge is 2.16. The van der Waals surface area contributed by atoms with Crippen LogP contribution in [0, 0.1) is 0 Å². The van der Waals surface area contributed by atoms with Gasteiger partial charge in [-0.2, -0.15) is 0 Å². The summed E-state index contributed by atoms with van der Waals surface area (Å²) in [5, 5.41) is 10.5. The van der Waals surface area contributed by atoms with Gasteiger partial charge < -0.3 is 14.8 Å². The molecule has 0 spiro atoms. The van der Waals surface area contributed by atoms with Gasteiger partial charge in [0.15, 0.2) is 5.82 Å². The number of rotatable bonds is 7. The molecule has 2 heterocycles. The minimum atomic E-state index is -0.0358. The summed E-state index contributed by atoms with van der Waals surface area (Å²) in [4.78, 5) is 16.2. The van der Waals surface area contributed by atoms with Gasteiger partial charge in [0.05, 0.1) is 19.0 Å². The molecule has 1 aliphatic rings. The second kappa shape index (κ2) is 8.16. The van der Waals surface area contributed by atoms with Crippen LogP contribution in [0.5, 0.6) is 5.75 Å². The SMILES string of the molecule is COc1ccc(-c2nc(SCC(=O)NC[C@@H]3CCCO3)n[nH]2)cc1. The number of nitrogens with one attached hydrogen (secondary N) is 2. The third-order valence-corrected chi connectivity index (χ3v) is 4.56. The third kappa shape index (κ3) is 4.48. The second-order valence-corrected chi connectivity index (χ2v) is 6.37. The van der Waals surface area contributed by atoms with Gasteiger partial charge in [0.25, 0.3) is 0 Å². The Kier molecular flexibility index (Phi) is 5.71. The molecule has 1 amide bonds. The first kappa shape index (κ1) is 16.8. The molecule has 24 heavy (non-hydrogen) atoms. The number of aromatic amines is 1. The molecule has 1 atom stereocenters. The van der Waals surface area contributed by atoms with Crippen molar-refractivity contribution in [2.45, 2.75) is 24.1 Å². The van der Waals surface area contributed by atoms with Gasteiger partial charge >= 0.3 is 0 Å². The lowest BCUT2D eigenvalue weighted by molar-refractivity contribution is -0.119. The van der Waals surface area contributed by atoms with E-state index in [9.17, 15) is 4.79 Å². The predicted molar refractivity (Wildman–Crippen MR) is 91.1 cm³/mol. The highest BCUT2D eigenvalue weighted by Crippen LogP contribution is 2.21. The van der Waals surface area contributed by atoms with E-state index < -0.39 is 0 Å². The number of thioether (sulfide) groups is 1. The average molecular weight is 348 g/mol. The van der Waals surface area contributed by atoms with E-state index in [0.717, 1.165) is 30.8 Å². The normalized spacial score (nSPS) is 17.0. The lowest BCUT2D eigenvalue weighted by atomic mass is 10.2. The molecule has 0 radical (unpaired) electrons. The molecule has 1 aromatic heterocycles. The maximum atomic E-state index is 11.9. The summed E-state index contributed by atoms with van der Waals surface area (Å²) < 4.78 is 10.6. The van der Waals surface area contributed by atoms with Crippen LogP contribution in [0.25, 0.3) is 11.4 Å². The summed E-state index contributed by atoms with van der Waals surface area (Å²) in [6.07, 6.45) is 2.24. The van der Waals surface area contributed by atoms with Crippen molar-refractivity contribution in [2.24, 2.45) is 0 Å². The number of carbonyl (C=O) groups is 1. The van der Waals surface area contributed by atoms with Gasteiger partial charge in [0.2, 0.25) is 11.1 Å². The first-order valence-electron chi connectivity index (χ1n) is 7.82. The van der Waals surface area contributed by atoms with Gasteiger partial charge in [-0.05, 0) is 37.1 Å². The molecule has 0 unspecified atom stereocenters. The Morgan fingerprint density at radius 1 is 1.46 bits per heavy atom. The smallest absolute Gasteiger partial charge is 0.230 e. The number of nitrogens with zero attached hydrogens (tertiary/aromatic N) is 2. The van der Waals surface area contributed by atoms with Crippen LogP contribution < -0.4 is 10.1 Å². The average Bonchev–Trinajstić information content (AvgIpc) is 3.30. The lowest BCUT2D eigenvalue weighted by Crippen LogP contribution is -2.32. The summed E-state index contributed by atoms with van der Waals surface area (Å²) in [5.41, 5.74) is 0.915. The Morgan fingerprint density at radius 3 is 3.00 bits per heavy atom. The zero-order chi connectivity index (χ0) is 16.8. The highest BCUT2D eigenvalue weighted by atomic mass is 32.2. The van der Waals surface area contributed by atoms with Crippen molar-refractivity contribution in [2.75, 3.05) is 26.0 Å². The number of hydrogen-bond acceptors (Lipinski definition) is 6. The van der Waals surface area contributed by atoms with Crippen molar-refractivity contribution in [3.05, 3.63) is 24.3 Å². The number of H-pyrrole nitrogens is 1. The fraction of sp³-hybridized carbons (Fsp3) is 0.438. The summed E-state index contributed by atoms with van der Waals surface area (Å²) >= 11 is 1.30. The van der Waals surface area contributed by atoms with E-state index in [1.807, 2.05) is 24.3 Å². The van der Waals surface area contributed by atoms with Crippen molar-refractivity contribution in [1.82, 2.24) is 20.5 Å². The molecule has 8 heteroatoms. The quantitative estimate of drug-likeness (QED) is 0.743. The van der Waals surface area contributed by atoms with Gasteiger partial charge in [-0.3, -0.25) is 9.89 Å². The minimum Gasteiger partial charge on any atom is -0.497 e. The Bertz CT molecular complexity index is 668. The molecule has 2 aromatic rings. The van der Waals surface area contributed by atoms with Crippen molar-refractivity contribution in [3.8, 4) is 17.1 Å². The number of benzene rings is 1. The molecular weight excluding hydrogens is 328 g/mol. The Morgan fingerprint density at radius 2 is 2.29 bits per heavy atom. The van der Waals surface area contributed by atoms with Crippen molar-refractivity contribution in [3.63, 3.8) is 0 Å². The lowest BCUT2D eigenvalue weighted by Gasteiger charge is -2.09. The fourth-order valence-corrected chi connectivity index (χ4v) is 3.03. The first-order chi connectivity index (χ1) is 11.7. The van der Waals surface area contributed by atoms with Gasteiger partial charge in [-0.15, -0.1) is 5.10 Å². The standard InChI is InChI=1S/C16H20N4O3S/c1-22-12-6-4-11(5-7-12)15-18-16(20-19-15)24-10-14(21)17-9-13-3-2-8-23-13/h4-7,13H,2-3,8-10H2,1H3,(H,17,21)(H,18,19,20)/t13-/m0/s1. The van der Waals surface area contributed by atoms with Crippen LogP contribution in [-0.2, 0) is 9.53 Å². The molecule has 0 saturated carbocycles. The fourth-order valence-electron chi connectivity index (χ4n) is 2.40. The molecule has 1 saturated heterocycles. The number of ether oxygens (including phenoxy) is 2. The monoisotopic (exact) mass is 348 g/mol. The van der Waals surface area contributed by atoms with Gasteiger partial charge in [-0.1, -0.05) is 11.8 Å². The minimum absolute atomic E-state index is 0.0358. The molecule has 1 fully saturated rings. The van der Waals surface area contributed by atoms with Gasteiger partial charge in [-0.25, -0.2) is 4.98 Å². The van der Waals surface area contributed by atoms with Gasteiger partial charge in [0.1, 0.15) is 5.75 Å². The van der Waals surface area contributed by atoms with E-state index >= 15 is 0 Å². The molecule has 2 N–H and O–H groups in total. The molecule has 0 bridgehead atoms. The topological polar surface area (TPSA) is 89.1 Å². The second-order valence-electron chi connectivity index (χ2n) is 5.42. The summed E-state index contributed by atoms with van der Waals surface area (Å²) in [7, 11) is 1.63. The largest absolute Gasteiger partial charge is 0.497 e. The zero-order valence-electron chi connectivity index (χ0n) is 13.4. The van der Waals surface area contributed by atoms with Crippen LogP contribution in [0.15, 0.2) is 29.4 Å². The first-order valence-corrected chi connectivity index (χ1v) is 8.81. The van der Waals surface area contributed by atoms with E-state index in [0.29, 0.717) is 17.5 Å². The number of carbonyl (C=O) groups excluding carboxylic acids is 1.